The Kier molecular flexibility index (Phi) is 7.55. The van der Waals surface area contributed by atoms with Gasteiger partial charge in [0.2, 0.25) is 0 Å². The number of hydrogen-bond acceptors (Lipinski definition) is 7. The van der Waals surface area contributed by atoms with E-state index in [2.05, 4.69) is 10.3 Å². The van der Waals surface area contributed by atoms with Crippen molar-refractivity contribution in [2.45, 2.75) is 6.10 Å². The normalized spacial score (nSPS) is 11.8. The Morgan fingerprint density at radius 3 is 2.31 bits per heavy atom. The third kappa shape index (κ3) is 5.10. The van der Waals surface area contributed by atoms with Crippen molar-refractivity contribution >= 4 is 22.5 Å². The van der Waals surface area contributed by atoms with Crippen LogP contribution < -0.4 is 26.0 Å². The van der Waals surface area contributed by atoms with Crippen LogP contribution in [0.1, 0.15) is 27.6 Å². The summed E-state index contributed by atoms with van der Waals surface area (Å²) in [5, 5.41) is 14.1. The average molecular weight is 575 g/mol. The third-order valence-electron chi connectivity index (χ3n) is 6.71. The summed E-state index contributed by atoms with van der Waals surface area (Å²) in [6.45, 7) is 0. The number of aliphatic hydroxyl groups excluding tert-OH is 1. The fourth-order valence-electron chi connectivity index (χ4n) is 4.57. The van der Waals surface area contributed by atoms with Crippen molar-refractivity contribution in [1.29, 1.82) is 0 Å². The van der Waals surface area contributed by atoms with Gasteiger partial charge in [-0.1, -0.05) is 6.07 Å². The summed E-state index contributed by atoms with van der Waals surface area (Å²) in [7, 11) is 4.30. The average Bonchev–Trinajstić information content (AvgIpc) is 2.98. The number of aliphatic hydroxyl groups is 1. The number of ether oxygens (including phenoxy) is 2. The van der Waals surface area contributed by atoms with Crippen molar-refractivity contribution in [2.24, 2.45) is 7.05 Å². The van der Waals surface area contributed by atoms with Gasteiger partial charge in [-0.15, -0.1) is 0 Å². The number of aryl methyl sites for hydroxylation is 1. The predicted molar refractivity (Wildman–Crippen MR) is 150 cm³/mol. The Bertz CT molecular complexity index is 1950. The molecule has 12 heteroatoms. The van der Waals surface area contributed by atoms with E-state index in [1.807, 2.05) is 0 Å². The molecule has 0 saturated carbocycles. The molecule has 1 atom stereocenters. The summed E-state index contributed by atoms with van der Waals surface area (Å²) in [5.41, 5.74) is -1.23. The van der Waals surface area contributed by atoms with Gasteiger partial charge in [0.15, 0.2) is 11.5 Å². The van der Waals surface area contributed by atoms with Crippen LogP contribution in [0.15, 0.2) is 82.6 Å². The molecule has 1 unspecified atom stereocenters. The SMILES string of the molecule is COc1cc2nccc(C(O)c3ccc(NC(=O)c4cn(C)c(=O)n(-c5ccc(F)cc5)c4=O)cc3F)c2cc1OC. The van der Waals surface area contributed by atoms with Crippen LogP contribution in [-0.2, 0) is 7.05 Å². The lowest BCUT2D eigenvalue weighted by molar-refractivity contribution is 0.102. The summed E-state index contributed by atoms with van der Waals surface area (Å²) in [5.74, 6) is -1.44. The fraction of sp³-hybridized carbons (Fsp3) is 0.133. The summed E-state index contributed by atoms with van der Waals surface area (Å²) >= 11 is 0. The standard InChI is InChI=1S/C30H24F2N4O6/c1-35-15-22(29(39)36(30(35)40)18-7-4-16(31)5-8-18)28(38)34-17-6-9-20(23(32)12-17)27(37)19-10-11-33-24-14-26(42-3)25(41-2)13-21(19)24/h4-15,27,37H,1-3H3,(H,34,38). The highest BCUT2D eigenvalue weighted by Gasteiger charge is 2.22. The lowest BCUT2D eigenvalue weighted by atomic mass is 9.97. The lowest BCUT2D eigenvalue weighted by Crippen LogP contribution is -2.41. The first-order valence-electron chi connectivity index (χ1n) is 12.5. The molecule has 0 bridgehead atoms. The molecule has 2 heterocycles. The minimum Gasteiger partial charge on any atom is -0.493 e. The summed E-state index contributed by atoms with van der Waals surface area (Å²) in [6, 6.07) is 13.1. The zero-order chi connectivity index (χ0) is 30.1. The second-order valence-corrected chi connectivity index (χ2v) is 9.27. The number of nitrogens with zero attached hydrogens (tertiary/aromatic N) is 3. The molecule has 0 aliphatic heterocycles. The first kappa shape index (κ1) is 28.2. The number of benzene rings is 3. The Labute approximate surface area is 237 Å². The predicted octanol–water partition coefficient (Wildman–Crippen LogP) is 3.71. The van der Waals surface area contributed by atoms with E-state index in [1.165, 1.54) is 51.7 Å². The largest absolute Gasteiger partial charge is 0.493 e. The van der Waals surface area contributed by atoms with Crippen LogP contribution in [0, 0.1) is 11.6 Å². The second kappa shape index (κ2) is 11.3. The number of rotatable bonds is 7. The number of carbonyl (C=O) groups is 1. The van der Waals surface area contributed by atoms with E-state index >= 15 is 4.39 Å². The van der Waals surface area contributed by atoms with E-state index in [1.54, 1.807) is 18.2 Å². The van der Waals surface area contributed by atoms with Crippen molar-refractivity contribution in [3.63, 3.8) is 0 Å². The van der Waals surface area contributed by atoms with Crippen molar-refractivity contribution in [2.75, 3.05) is 19.5 Å². The maximum Gasteiger partial charge on any atom is 0.335 e. The lowest BCUT2D eigenvalue weighted by Gasteiger charge is -2.17. The van der Waals surface area contributed by atoms with Gasteiger partial charge in [-0.2, -0.15) is 0 Å². The summed E-state index contributed by atoms with van der Waals surface area (Å²) < 4.78 is 41.1. The molecule has 2 aromatic heterocycles. The molecular weight excluding hydrogens is 550 g/mol. The third-order valence-corrected chi connectivity index (χ3v) is 6.71. The van der Waals surface area contributed by atoms with E-state index < -0.39 is 40.5 Å². The molecular formula is C30H24F2N4O6. The fourth-order valence-corrected chi connectivity index (χ4v) is 4.57. The number of amides is 1. The Balaban J connectivity index is 1.46. The van der Waals surface area contributed by atoms with Gasteiger partial charge in [-0.25, -0.2) is 18.1 Å². The molecule has 1 amide bonds. The van der Waals surface area contributed by atoms with Gasteiger partial charge < -0.3 is 24.5 Å². The van der Waals surface area contributed by atoms with Gasteiger partial charge >= 0.3 is 5.69 Å². The number of aromatic nitrogens is 3. The number of methoxy groups -OCH3 is 2. The summed E-state index contributed by atoms with van der Waals surface area (Å²) in [4.78, 5) is 43.1. The van der Waals surface area contributed by atoms with E-state index in [4.69, 9.17) is 9.47 Å². The van der Waals surface area contributed by atoms with Gasteiger partial charge in [0.1, 0.15) is 23.3 Å². The number of fused-ring (bicyclic) bond motifs is 1. The van der Waals surface area contributed by atoms with Crippen LogP contribution in [0.2, 0.25) is 0 Å². The number of anilines is 1. The summed E-state index contributed by atoms with van der Waals surface area (Å²) in [6.07, 6.45) is 1.14. The number of carbonyl (C=O) groups excluding carboxylic acids is 1. The van der Waals surface area contributed by atoms with Crippen LogP contribution >= 0.6 is 0 Å². The molecule has 42 heavy (non-hydrogen) atoms. The zero-order valence-electron chi connectivity index (χ0n) is 22.6. The Morgan fingerprint density at radius 2 is 1.64 bits per heavy atom. The molecule has 5 aromatic rings. The molecule has 0 saturated heterocycles. The van der Waals surface area contributed by atoms with E-state index in [-0.39, 0.29) is 16.9 Å². The zero-order valence-corrected chi connectivity index (χ0v) is 22.6. The van der Waals surface area contributed by atoms with Crippen molar-refractivity contribution in [3.8, 4) is 17.2 Å². The number of nitrogens with one attached hydrogen (secondary N) is 1. The first-order chi connectivity index (χ1) is 20.1. The van der Waals surface area contributed by atoms with Crippen LogP contribution in [-0.4, -0.2) is 39.4 Å². The van der Waals surface area contributed by atoms with Crippen LogP contribution in [0.3, 0.4) is 0 Å². The smallest absolute Gasteiger partial charge is 0.335 e. The highest BCUT2D eigenvalue weighted by molar-refractivity contribution is 6.03. The van der Waals surface area contributed by atoms with Crippen LogP contribution in [0.25, 0.3) is 16.6 Å². The molecule has 3 aromatic carbocycles. The molecule has 214 valence electrons. The minimum absolute atomic E-state index is 0.000951. The van der Waals surface area contributed by atoms with Gasteiger partial charge in [0.25, 0.3) is 11.5 Å². The monoisotopic (exact) mass is 574 g/mol. The molecule has 0 fully saturated rings. The van der Waals surface area contributed by atoms with Gasteiger partial charge in [0, 0.05) is 42.1 Å². The van der Waals surface area contributed by atoms with Crippen molar-refractivity contribution in [3.05, 3.63) is 122 Å². The minimum atomic E-state index is -1.40. The number of pyridine rings is 1. The molecule has 0 spiro atoms. The second-order valence-electron chi connectivity index (χ2n) is 9.27. The Hall–Kier alpha value is -5.36. The highest BCUT2D eigenvalue weighted by atomic mass is 19.1. The van der Waals surface area contributed by atoms with Gasteiger partial charge in [-0.3, -0.25) is 14.6 Å². The number of hydrogen-bond donors (Lipinski definition) is 2. The van der Waals surface area contributed by atoms with Gasteiger partial charge in [-0.05, 0) is 54.1 Å². The van der Waals surface area contributed by atoms with Crippen LogP contribution in [0.4, 0.5) is 14.5 Å². The molecule has 0 aliphatic rings. The first-order valence-corrected chi connectivity index (χ1v) is 12.5. The number of halogens is 2. The topological polar surface area (TPSA) is 125 Å². The Morgan fingerprint density at radius 1 is 0.952 bits per heavy atom. The molecule has 2 N–H and O–H groups in total. The molecule has 0 aliphatic carbocycles. The maximum absolute atomic E-state index is 15.3. The highest BCUT2D eigenvalue weighted by Crippen LogP contribution is 2.36. The quantitative estimate of drug-likeness (QED) is 0.304. The molecule has 5 rings (SSSR count). The van der Waals surface area contributed by atoms with Crippen molar-refractivity contribution < 1.29 is 28.2 Å². The van der Waals surface area contributed by atoms with Crippen molar-refractivity contribution in [1.82, 2.24) is 14.1 Å². The molecule has 0 radical (unpaired) electrons. The maximum atomic E-state index is 15.3. The molecule has 10 nitrogen and oxygen atoms in total. The van der Waals surface area contributed by atoms with E-state index in [0.717, 1.165) is 33.5 Å². The van der Waals surface area contributed by atoms with E-state index in [9.17, 15) is 23.9 Å². The van der Waals surface area contributed by atoms with E-state index in [0.29, 0.717) is 28.0 Å². The van der Waals surface area contributed by atoms with Crippen LogP contribution in [0.5, 0.6) is 11.5 Å². The van der Waals surface area contributed by atoms with Gasteiger partial charge in [0.05, 0.1) is 25.4 Å².